The Morgan fingerprint density at radius 1 is 1.73 bits per heavy atom. The highest BCUT2D eigenvalue weighted by atomic mass is 16.3. The van der Waals surface area contributed by atoms with Gasteiger partial charge in [-0.25, -0.2) is 0 Å². The number of nitrogens with zero attached hydrogens (tertiary/aromatic N) is 1. The van der Waals surface area contributed by atoms with Crippen molar-refractivity contribution in [1.29, 1.82) is 0 Å². The summed E-state index contributed by atoms with van der Waals surface area (Å²) in [7, 11) is 0. The topological polar surface area (TPSA) is 68.2 Å². The number of aliphatic hydroxyl groups excluding tert-OH is 1. The second kappa shape index (κ2) is 3.70. The quantitative estimate of drug-likeness (QED) is 0.758. The summed E-state index contributed by atoms with van der Waals surface area (Å²) in [6.07, 6.45) is 4.15. The smallest absolute Gasteiger partial charge is 0.240 e. The molecule has 0 saturated carbocycles. The molecule has 0 radical (unpaired) electrons. The number of rotatable bonds is 2. The largest absolute Gasteiger partial charge is 0.388 e. The van der Waals surface area contributed by atoms with E-state index in [2.05, 4.69) is 0 Å². The van der Waals surface area contributed by atoms with E-state index in [9.17, 15) is 9.90 Å². The van der Waals surface area contributed by atoms with Gasteiger partial charge in [0.1, 0.15) is 6.04 Å². The first-order chi connectivity index (χ1) is 7.11. The molecule has 4 heteroatoms. The van der Waals surface area contributed by atoms with Crippen molar-refractivity contribution in [2.45, 2.75) is 38.3 Å². The molecule has 15 heavy (non-hydrogen) atoms. The van der Waals surface area contributed by atoms with Gasteiger partial charge in [0.2, 0.25) is 5.91 Å². The number of hydrogen-bond acceptors (Lipinski definition) is 2. The van der Waals surface area contributed by atoms with E-state index in [0.717, 1.165) is 30.5 Å². The third kappa shape index (κ3) is 1.65. The average molecular weight is 208 g/mol. The lowest BCUT2D eigenvalue weighted by atomic mass is 9.95. The molecule has 2 rings (SSSR count). The molecule has 4 nitrogen and oxygen atoms in total. The van der Waals surface area contributed by atoms with Gasteiger partial charge in [-0.1, -0.05) is 0 Å². The van der Waals surface area contributed by atoms with Gasteiger partial charge in [0.15, 0.2) is 0 Å². The molecule has 0 saturated heterocycles. The first-order valence-electron chi connectivity index (χ1n) is 5.28. The van der Waals surface area contributed by atoms with E-state index in [1.54, 1.807) is 6.92 Å². The molecule has 1 aliphatic rings. The second-order valence-electron chi connectivity index (χ2n) is 4.11. The lowest BCUT2D eigenvalue weighted by Gasteiger charge is -2.22. The molecular weight excluding hydrogens is 192 g/mol. The Bertz CT molecular complexity index is 384. The number of aliphatic hydroxyl groups is 1. The molecule has 2 atom stereocenters. The van der Waals surface area contributed by atoms with Gasteiger partial charge >= 0.3 is 0 Å². The fourth-order valence-corrected chi connectivity index (χ4v) is 2.19. The lowest BCUT2D eigenvalue weighted by molar-refractivity contribution is -0.120. The van der Waals surface area contributed by atoms with Crippen molar-refractivity contribution in [2.24, 2.45) is 5.73 Å². The van der Waals surface area contributed by atoms with Gasteiger partial charge in [0, 0.05) is 17.5 Å². The first kappa shape index (κ1) is 10.2. The Labute approximate surface area is 88.7 Å². The summed E-state index contributed by atoms with van der Waals surface area (Å²) in [6.45, 7) is 1.78. The minimum Gasteiger partial charge on any atom is -0.388 e. The van der Waals surface area contributed by atoms with Crippen LogP contribution in [0.25, 0.3) is 0 Å². The highest BCUT2D eigenvalue weighted by Gasteiger charge is 2.24. The fraction of sp³-hybridized carbons (Fsp3) is 0.545. The molecule has 1 aliphatic carbocycles. The number of primary amides is 1. The van der Waals surface area contributed by atoms with Crippen LogP contribution in [0.5, 0.6) is 0 Å². The maximum absolute atomic E-state index is 11.1. The predicted octanol–water partition coefficient (Wildman–Crippen LogP) is 0.904. The lowest BCUT2D eigenvalue weighted by Crippen LogP contribution is -2.25. The van der Waals surface area contributed by atoms with Crippen LogP contribution < -0.4 is 5.73 Å². The molecule has 1 aromatic heterocycles. The van der Waals surface area contributed by atoms with Crippen molar-refractivity contribution in [2.75, 3.05) is 0 Å². The molecule has 0 aliphatic heterocycles. The van der Waals surface area contributed by atoms with Gasteiger partial charge < -0.3 is 15.4 Å². The zero-order chi connectivity index (χ0) is 11.0. The van der Waals surface area contributed by atoms with E-state index < -0.39 is 0 Å². The molecule has 0 spiro atoms. The minimum absolute atomic E-state index is 0.334. The summed E-state index contributed by atoms with van der Waals surface area (Å²) in [6, 6.07) is 1.55. The zero-order valence-corrected chi connectivity index (χ0v) is 8.81. The molecule has 1 amide bonds. The highest BCUT2D eigenvalue weighted by Crippen LogP contribution is 2.31. The predicted molar refractivity (Wildman–Crippen MR) is 56.2 cm³/mol. The number of fused-ring (bicyclic) bond motifs is 1. The van der Waals surface area contributed by atoms with Crippen molar-refractivity contribution in [3.63, 3.8) is 0 Å². The van der Waals surface area contributed by atoms with E-state index in [1.807, 2.05) is 16.8 Å². The molecule has 0 fully saturated rings. The standard InChI is InChI=1S/C11H16N2O2/c1-7(11(12)15)13-6-5-8-9(13)3-2-4-10(8)14/h5-7,10,14H,2-4H2,1H3,(H2,12,15). The van der Waals surface area contributed by atoms with Crippen molar-refractivity contribution in [3.05, 3.63) is 23.5 Å². The van der Waals surface area contributed by atoms with Crippen LogP contribution in [0.3, 0.4) is 0 Å². The molecule has 1 heterocycles. The van der Waals surface area contributed by atoms with Crippen LogP contribution >= 0.6 is 0 Å². The van der Waals surface area contributed by atoms with Gasteiger partial charge in [-0.3, -0.25) is 4.79 Å². The van der Waals surface area contributed by atoms with E-state index in [4.69, 9.17) is 5.73 Å². The van der Waals surface area contributed by atoms with Gasteiger partial charge in [-0.2, -0.15) is 0 Å². The summed E-state index contributed by atoms with van der Waals surface area (Å²) >= 11 is 0. The number of carbonyl (C=O) groups excluding carboxylic acids is 1. The summed E-state index contributed by atoms with van der Waals surface area (Å²) in [5.41, 5.74) is 7.28. The molecule has 0 bridgehead atoms. The van der Waals surface area contributed by atoms with E-state index in [1.165, 1.54) is 0 Å². The van der Waals surface area contributed by atoms with Gasteiger partial charge in [0.05, 0.1) is 6.10 Å². The first-order valence-corrected chi connectivity index (χ1v) is 5.28. The Morgan fingerprint density at radius 2 is 2.47 bits per heavy atom. The number of amides is 1. The van der Waals surface area contributed by atoms with Gasteiger partial charge in [0.25, 0.3) is 0 Å². The van der Waals surface area contributed by atoms with Crippen molar-refractivity contribution in [1.82, 2.24) is 4.57 Å². The summed E-state index contributed by atoms with van der Waals surface area (Å²) in [5.74, 6) is -0.339. The van der Waals surface area contributed by atoms with Crippen LogP contribution in [-0.4, -0.2) is 15.6 Å². The highest BCUT2D eigenvalue weighted by molar-refractivity contribution is 5.78. The van der Waals surface area contributed by atoms with Crippen LogP contribution in [0.2, 0.25) is 0 Å². The number of hydrogen-bond donors (Lipinski definition) is 2. The summed E-state index contributed by atoms with van der Waals surface area (Å²) in [5, 5.41) is 9.77. The van der Waals surface area contributed by atoms with E-state index in [-0.39, 0.29) is 18.1 Å². The number of aromatic nitrogens is 1. The maximum Gasteiger partial charge on any atom is 0.240 e. The normalized spacial score (nSPS) is 22.1. The van der Waals surface area contributed by atoms with Crippen LogP contribution in [0, 0.1) is 0 Å². The average Bonchev–Trinajstić information content (AvgIpc) is 2.61. The van der Waals surface area contributed by atoms with Crippen molar-refractivity contribution in [3.8, 4) is 0 Å². The number of carbonyl (C=O) groups is 1. The van der Waals surface area contributed by atoms with E-state index >= 15 is 0 Å². The summed E-state index contributed by atoms with van der Waals surface area (Å²) in [4.78, 5) is 11.1. The Hall–Kier alpha value is -1.29. The molecular formula is C11H16N2O2. The van der Waals surface area contributed by atoms with E-state index in [0.29, 0.717) is 0 Å². The zero-order valence-electron chi connectivity index (χ0n) is 8.81. The molecule has 2 unspecified atom stereocenters. The van der Waals surface area contributed by atoms with Crippen molar-refractivity contribution >= 4 is 5.91 Å². The Balaban J connectivity index is 2.38. The molecule has 3 N–H and O–H groups in total. The molecule has 1 aromatic rings. The Morgan fingerprint density at radius 3 is 3.13 bits per heavy atom. The van der Waals surface area contributed by atoms with Crippen LogP contribution in [-0.2, 0) is 11.2 Å². The van der Waals surface area contributed by atoms with Crippen LogP contribution in [0.4, 0.5) is 0 Å². The fourth-order valence-electron chi connectivity index (χ4n) is 2.19. The maximum atomic E-state index is 11.1. The summed E-state index contributed by atoms with van der Waals surface area (Å²) < 4.78 is 1.88. The molecule has 0 aromatic carbocycles. The SMILES string of the molecule is CC(C(N)=O)n1ccc2c1CCCC2O. The van der Waals surface area contributed by atoms with Crippen LogP contribution in [0.1, 0.15) is 43.2 Å². The number of nitrogens with two attached hydrogens (primary N) is 1. The van der Waals surface area contributed by atoms with Crippen LogP contribution in [0.15, 0.2) is 12.3 Å². The minimum atomic E-state index is -0.380. The van der Waals surface area contributed by atoms with Gasteiger partial charge in [-0.05, 0) is 32.3 Å². The van der Waals surface area contributed by atoms with Crippen molar-refractivity contribution < 1.29 is 9.90 Å². The monoisotopic (exact) mass is 208 g/mol. The molecule has 82 valence electrons. The third-order valence-corrected chi connectivity index (χ3v) is 3.14. The second-order valence-corrected chi connectivity index (χ2v) is 4.11. The Kier molecular flexibility index (Phi) is 2.52. The third-order valence-electron chi connectivity index (χ3n) is 3.14. The van der Waals surface area contributed by atoms with Gasteiger partial charge in [-0.15, -0.1) is 0 Å².